The van der Waals surface area contributed by atoms with Crippen molar-refractivity contribution in [1.82, 2.24) is 0 Å². The maximum Gasteiger partial charge on any atom is 0.0997 e. The lowest BCUT2D eigenvalue weighted by Crippen LogP contribution is -2.16. The van der Waals surface area contributed by atoms with Gasteiger partial charge in [-0.05, 0) is 42.7 Å². The number of rotatable bonds is 2. The number of hydrogen-bond acceptors (Lipinski definition) is 3. The third-order valence-corrected chi connectivity index (χ3v) is 5.15. The molecule has 0 saturated heterocycles. The highest BCUT2D eigenvalue weighted by Crippen LogP contribution is 2.32. The molecular weight excluding hydrogens is 282 g/mol. The Kier molecular flexibility index (Phi) is 5.27. The first-order valence-corrected chi connectivity index (χ1v) is 8.87. The van der Waals surface area contributed by atoms with Crippen molar-refractivity contribution in [2.75, 3.05) is 7.05 Å². The van der Waals surface area contributed by atoms with Gasteiger partial charge in [-0.2, -0.15) is 0 Å². The smallest absolute Gasteiger partial charge is 0.0997 e. The molecule has 0 unspecified atom stereocenters. The molecule has 0 amide bonds. The van der Waals surface area contributed by atoms with Gasteiger partial charge in [-0.15, -0.1) is 0 Å². The van der Waals surface area contributed by atoms with Crippen LogP contribution in [0.15, 0.2) is 46.1 Å². The molecule has 1 saturated carbocycles. The fraction of sp³-hybridized carbons (Fsp3) is 0.500. The molecule has 0 radical (unpaired) electrons. The van der Waals surface area contributed by atoms with E-state index in [1.165, 1.54) is 49.7 Å². The fourth-order valence-electron chi connectivity index (χ4n) is 3.76. The minimum absolute atomic E-state index is 0.748. The largest absolute Gasteiger partial charge is 0.403 e. The van der Waals surface area contributed by atoms with Crippen LogP contribution < -0.4 is 5.73 Å². The van der Waals surface area contributed by atoms with E-state index in [2.05, 4.69) is 29.3 Å². The predicted molar refractivity (Wildman–Crippen MR) is 98.3 cm³/mol. The molecule has 1 fully saturated rings. The molecule has 0 atom stereocenters. The highest BCUT2D eigenvalue weighted by Gasteiger charge is 2.18. The van der Waals surface area contributed by atoms with Crippen LogP contribution in [0.5, 0.6) is 0 Å². The second kappa shape index (κ2) is 7.58. The van der Waals surface area contributed by atoms with Crippen molar-refractivity contribution in [3.05, 3.63) is 47.3 Å². The summed E-state index contributed by atoms with van der Waals surface area (Å²) in [7, 11) is 1.81. The SMILES string of the molecule is C/N=C1/CCC(c2ccc(C3CCCCCC3)cc2)=N/C1=C\N. The minimum Gasteiger partial charge on any atom is -0.403 e. The van der Waals surface area contributed by atoms with Gasteiger partial charge in [0.1, 0.15) is 0 Å². The molecule has 3 rings (SSSR count). The van der Waals surface area contributed by atoms with E-state index < -0.39 is 0 Å². The molecule has 23 heavy (non-hydrogen) atoms. The van der Waals surface area contributed by atoms with E-state index in [-0.39, 0.29) is 0 Å². The summed E-state index contributed by atoms with van der Waals surface area (Å²) in [5.74, 6) is 0.748. The molecule has 1 aromatic rings. The van der Waals surface area contributed by atoms with Crippen LogP contribution in [0.25, 0.3) is 0 Å². The molecule has 3 heteroatoms. The molecule has 1 aliphatic carbocycles. The van der Waals surface area contributed by atoms with Gasteiger partial charge in [-0.3, -0.25) is 4.99 Å². The fourth-order valence-corrected chi connectivity index (χ4v) is 3.76. The molecule has 0 aromatic heterocycles. The second-order valence-electron chi connectivity index (χ2n) is 6.59. The van der Waals surface area contributed by atoms with Gasteiger partial charge in [-0.25, -0.2) is 4.99 Å². The molecule has 3 nitrogen and oxygen atoms in total. The molecule has 2 N–H and O–H groups in total. The summed E-state index contributed by atoms with van der Waals surface area (Å²) < 4.78 is 0. The highest BCUT2D eigenvalue weighted by molar-refractivity contribution is 6.12. The number of allylic oxidation sites excluding steroid dienone is 1. The van der Waals surface area contributed by atoms with E-state index in [4.69, 9.17) is 10.7 Å². The normalized spacial score (nSPS) is 23.8. The van der Waals surface area contributed by atoms with E-state index in [9.17, 15) is 0 Å². The second-order valence-corrected chi connectivity index (χ2v) is 6.59. The summed E-state index contributed by atoms with van der Waals surface area (Å²) >= 11 is 0. The lowest BCUT2D eigenvalue weighted by molar-refractivity contribution is 0.592. The van der Waals surface area contributed by atoms with Crippen molar-refractivity contribution in [3.63, 3.8) is 0 Å². The summed E-state index contributed by atoms with van der Waals surface area (Å²) in [5.41, 5.74) is 11.4. The van der Waals surface area contributed by atoms with Crippen LogP contribution in [0.1, 0.15) is 68.4 Å². The zero-order valence-electron chi connectivity index (χ0n) is 14.1. The Morgan fingerprint density at radius 1 is 1.04 bits per heavy atom. The summed E-state index contributed by atoms with van der Waals surface area (Å²) in [6.45, 7) is 0. The molecule has 1 heterocycles. The lowest BCUT2D eigenvalue weighted by Gasteiger charge is -2.18. The summed E-state index contributed by atoms with van der Waals surface area (Å²) in [6.07, 6.45) is 11.7. The van der Waals surface area contributed by atoms with E-state index in [0.29, 0.717) is 0 Å². The predicted octanol–water partition coefficient (Wildman–Crippen LogP) is 4.58. The van der Waals surface area contributed by atoms with Gasteiger partial charge in [0.25, 0.3) is 0 Å². The quantitative estimate of drug-likeness (QED) is 0.799. The summed E-state index contributed by atoms with van der Waals surface area (Å²) in [6, 6.07) is 9.09. The molecule has 2 aliphatic rings. The summed E-state index contributed by atoms with van der Waals surface area (Å²) in [4.78, 5) is 8.98. The van der Waals surface area contributed by atoms with Crippen molar-refractivity contribution in [3.8, 4) is 0 Å². The maximum atomic E-state index is 5.70. The number of benzene rings is 1. The monoisotopic (exact) mass is 309 g/mol. The van der Waals surface area contributed by atoms with Crippen molar-refractivity contribution in [2.24, 2.45) is 15.7 Å². The Hall–Kier alpha value is -1.90. The lowest BCUT2D eigenvalue weighted by atomic mass is 9.90. The Bertz CT molecular complexity index is 615. The van der Waals surface area contributed by atoms with Crippen molar-refractivity contribution >= 4 is 11.4 Å². The van der Waals surface area contributed by atoms with E-state index in [1.807, 2.05) is 0 Å². The average molecular weight is 309 g/mol. The van der Waals surface area contributed by atoms with Gasteiger partial charge in [0.15, 0.2) is 0 Å². The molecule has 1 aromatic carbocycles. The van der Waals surface area contributed by atoms with Crippen LogP contribution in [-0.2, 0) is 0 Å². The van der Waals surface area contributed by atoms with Crippen molar-refractivity contribution in [2.45, 2.75) is 57.3 Å². The number of nitrogens with zero attached hydrogens (tertiary/aromatic N) is 2. The zero-order valence-corrected chi connectivity index (χ0v) is 14.1. The maximum absolute atomic E-state index is 5.70. The Morgan fingerprint density at radius 2 is 1.74 bits per heavy atom. The van der Waals surface area contributed by atoms with Gasteiger partial charge < -0.3 is 5.73 Å². The standard InChI is InChI=1S/C20H27N3/c1-22-19-13-12-18(23-20(19)14-21)17-10-8-16(9-11-17)15-6-4-2-3-5-7-15/h8-11,14-15H,2-7,12-13,21H2,1H3/b20-14-,22-19-. The van der Waals surface area contributed by atoms with Gasteiger partial charge in [0, 0.05) is 19.0 Å². The molecular formula is C20H27N3. The first-order valence-electron chi connectivity index (χ1n) is 8.87. The topological polar surface area (TPSA) is 50.7 Å². The van der Waals surface area contributed by atoms with E-state index >= 15 is 0 Å². The van der Waals surface area contributed by atoms with E-state index in [1.54, 1.807) is 13.2 Å². The van der Waals surface area contributed by atoms with Crippen LogP contribution in [0.4, 0.5) is 0 Å². The van der Waals surface area contributed by atoms with Gasteiger partial charge in [0.2, 0.25) is 0 Å². The molecule has 122 valence electrons. The van der Waals surface area contributed by atoms with Crippen molar-refractivity contribution in [1.29, 1.82) is 0 Å². The third-order valence-electron chi connectivity index (χ3n) is 5.15. The van der Waals surface area contributed by atoms with Crippen LogP contribution >= 0.6 is 0 Å². The highest BCUT2D eigenvalue weighted by atomic mass is 14.9. The van der Waals surface area contributed by atoms with Gasteiger partial charge in [-0.1, -0.05) is 49.9 Å². The Labute approximate surface area is 139 Å². The first-order chi connectivity index (χ1) is 11.3. The number of aliphatic imine (C=N–C) groups is 2. The van der Waals surface area contributed by atoms with Gasteiger partial charge >= 0.3 is 0 Å². The van der Waals surface area contributed by atoms with Crippen LogP contribution in [-0.4, -0.2) is 18.5 Å². The Morgan fingerprint density at radius 3 is 2.35 bits per heavy atom. The number of nitrogens with two attached hydrogens (primary N) is 1. The zero-order chi connectivity index (χ0) is 16.1. The first kappa shape index (κ1) is 16.0. The number of hydrogen-bond donors (Lipinski definition) is 1. The van der Waals surface area contributed by atoms with Crippen LogP contribution in [0, 0.1) is 0 Å². The Balaban J connectivity index is 1.78. The molecule has 0 bridgehead atoms. The summed E-state index contributed by atoms with van der Waals surface area (Å²) in [5, 5.41) is 0. The third kappa shape index (κ3) is 3.72. The van der Waals surface area contributed by atoms with Crippen LogP contribution in [0.2, 0.25) is 0 Å². The molecule has 1 aliphatic heterocycles. The van der Waals surface area contributed by atoms with E-state index in [0.717, 1.165) is 35.9 Å². The minimum atomic E-state index is 0.748. The van der Waals surface area contributed by atoms with Gasteiger partial charge in [0.05, 0.1) is 11.4 Å². The molecule has 0 spiro atoms. The van der Waals surface area contributed by atoms with Crippen LogP contribution in [0.3, 0.4) is 0 Å². The average Bonchev–Trinajstić information content (AvgIpc) is 2.90. The van der Waals surface area contributed by atoms with Crippen molar-refractivity contribution < 1.29 is 0 Å².